The number of aliphatic hydroxyl groups excluding tert-OH is 2. The van der Waals surface area contributed by atoms with Crippen LogP contribution >= 0.6 is 0 Å². The third-order valence-corrected chi connectivity index (χ3v) is 13.7. The molecule has 5 fully saturated rings. The van der Waals surface area contributed by atoms with Gasteiger partial charge < -0.3 is 10.2 Å². The zero-order chi connectivity index (χ0) is 24.0. The summed E-state index contributed by atoms with van der Waals surface area (Å²) in [6.07, 6.45) is 14.4. The number of rotatable bonds is 6. The van der Waals surface area contributed by atoms with Crippen LogP contribution in [0.5, 0.6) is 0 Å². The summed E-state index contributed by atoms with van der Waals surface area (Å²) < 4.78 is 0. The highest BCUT2D eigenvalue weighted by molar-refractivity contribution is 5.30. The van der Waals surface area contributed by atoms with Crippen molar-refractivity contribution in [3.05, 3.63) is 12.2 Å². The highest BCUT2D eigenvalue weighted by Gasteiger charge is 2.82. The molecule has 188 valence electrons. The zero-order valence-electron chi connectivity index (χ0n) is 22.6. The number of hydrogen-bond acceptors (Lipinski definition) is 2. The second kappa shape index (κ2) is 7.58. The van der Waals surface area contributed by atoms with Crippen LogP contribution in [0.2, 0.25) is 0 Å². The lowest BCUT2D eigenvalue weighted by atomic mass is 9.41. The number of aliphatic hydroxyl groups is 2. The summed E-state index contributed by atoms with van der Waals surface area (Å²) in [6, 6.07) is 0. The van der Waals surface area contributed by atoms with E-state index in [-0.39, 0.29) is 24.0 Å². The second-order valence-electron chi connectivity index (χ2n) is 14.8. The lowest BCUT2D eigenvalue weighted by molar-refractivity contribution is -0.161. The molecule has 0 aromatic carbocycles. The van der Waals surface area contributed by atoms with Gasteiger partial charge in [0.25, 0.3) is 0 Å². The smallest absolute Gasteiger partial charge is 0.0594 e. The van der Waals surface area contributed by atoms with Crippen molar-refractivity contribution in [3.63, 3.8) is 0 Å². The minimum absolute atomic E-state index is 0.0925. The van der Waals surface area contributed by atoms with Crippen LogP contribution in [0.25, 0.3) is 0 Å². The Kier molecular flexibility index (Phi) is 5.60. The molecule has 0 unspecified atom stereocenters. The van der Waals surface area contributed by atoms with E-state index in [9.17, 15) is 10.2 Å². The summed E-state index contributed by atoms with van der Waals surface area (Å²) in [5.41, 5.74) is 3.41. The van der Waals surface area contributed by atoms with Gasteiger partial charge in [-0.1, -0.05) is 53.7 Å². The maximum absolute atomic E-state index is 10.9. The molecule has 10 atom stereocenters. The van der Waals surface area contributed by atoms with Crippen LogP contribution in [0.4, 0.5) is 0 Å². The lowest BCUT2D eigenvalue weighted by Gasteiger charge is -2.63. The predicted molar refractivity (Wildman–Crippen MR) is 137 cm³/mol. The van der Waals surface area contributed by atoms with E-state index >= 15 is 0 Å². The van der Waals surface area contributed by atoms with Crippen LogP contribution in [0.15, 0.2) is 12.2 Å². The average molecular weight is 457 g/mol. The van der Waals surface area contributed by atoms with Crippen molar-refractivity contribution < 1.29 is 10.2 Å². The van der Waals surface area contributed by atoms with Gasteiger partial charge in [0.05, 0.1) is 6.10 Å². The quantitative estimate of drug-likeness (QED) is 0.409. The summed E-state index contributed by atoms with van der Waals surface area (Å²) >= 11 is 0. The Balaban J connectivity index is 1.36. The van der Waals surface area contributed by atoms with Crippen LogP contribution in [-0.2, 0) is 0 Å². The van der Waals surface area contributed by atoms with Crippen molar-refractivity contribution in [3.8, 4) is 0 Å². The molecular formula is C31H52O2. The molecule has 0 amide bonds. The molecular weight excluding hydrogens is 404 g/mol. The zero-order valence-corrected chi connectivity index (χ0v) is 22.6. The molecule has 0 aliphatic heterocycles. The van der Waals surface area contributed by atoms with E-state index in [1.165, 1.54) is 63.4 Å². The highest BCUT2D eigenvalue weighted by Crippen LogP contribution is 2.89. The Labute approximate surface area is 204 Å². The first kappa shape index (κ1) is 24.4. The van der Waals surface area contributed by atoms with Gasteiger partial charge in [0.2, 0.25) is 0 Å². The second-order valence-corrected chi connectivity index (χ2v) is 14.8. The Hall–Kier alpha value is -0.340. The number of hydrogen-bond donors (Lipinski definition) is 2. The molecule has 5 saturated carbocycles. The third kappa shape index (κ3) is 2.98. The average Bonchev–Trinajstić information content (AvgIpc) is 3.36. The van der Waals surface area contributed by atoms with E-state index in [1.807, 2.05) is 0 Å². The van der Waals surface area contributed by atoms with E-state index in [0.29, 0.717) is 21.7 Å². The van der Waals surface area contributed by atoms with E-state index < -0.39 is 0 Å². The molecule has 0 bridgehead atoms. The lowest BCUT2D eigenvalue weighted by Crippen LogP contribution is -2.57. The maximum Gasteiger partial charge on any atom is 0.0594 e. The molecule has 2 heteroatoms. The number of fused-ring (bicyclic) bond motifs is 2. The summed E-state index contributed by atoms with van der Waals surface area (Å²) in [4.78, 5) is 0. The van der Waals surface area contributed by atoms with Gasteiger partial charge in [0, 0.05) is 6.61 Å². The Morgan fingerprint density at radius 2 is 1.55 bits per heavy atom. The van der Waals surface area contributed by atoms with Gasteiger partial charge in [0.1, 0.15) is 0 Å². The van der Waals surface area contributed by atoms with E-state index in [4.69, 9.17) is 0 Å². The van der Waals surface area contributed by atoms with Crippen LogP contribution in [0, 0.1) is 56.7 Å². The fourth-order valence-electron chi connectivity index (χ4n) is 11.3. The topological polar surface area (TPSA) is 40.5 Å². The third-order valence-electron chi connectivity index (χ3n) is 13.7. The van der Waals surface area contributed by atoms with Gasteiger partial charge in [-0.15, -0.1) is 0 Å². The van der Waals surface area contributed by atoms with Gasteiger partial charge in [-0.2, -0.15) is 0 Å². The summed E-state index contributed by atoms with van der Waals surface area (Å²) in [6.45, 7) is 19.3. The van der Waals surface area contributed by atoms with Crippen molar-refractivity contribution in [1.82, 2.24) is 0 Å². The predicted octanol–water partition coefficient (Wildman–Crippen LogP) is 7.39. The minimum atomic E-state index is -0.105. The molecule has 0 saturated heterocycles. The largest absolute Gasteiger partial charge is 0.396 e. The molecule has 5 aliphatic carbocycles. The van der Waals surface area contributed by atoms with Crippen molar-refractivity contribution in [1.29, 1.82) is 0 Å². The fraction of sp³-hybridized carbons (Fsp3) is 0.935. The normalized spacial score (nSPS) is 51.5. The molecule has 2 nitrogen and oxygen atoms in total. The standard InChI is InChI=1S/C31H52O2/c1-20(22(3)18-32)8-9-21(2)23-12-14-29(7)25-11-10-24-27(4,5)26(33)13-15-30(24)19-31(25,30)17-16-28(23,29)6/h21-26,32-33H,1,8-19H2,2-7H3/t21-,22-,23-,24-,25+,26+,28-,29+,30-,31+/m1/s1. The minimum Gasteiger partial charge on any atom is -0.396 e. The van der Waals surface area contributed by atoms with E-state index in [2.05, 4.69) is 48.1 Å². The molecule has 2 spiro atoms. The first-order chi connectivity index (χ1) is 15.4. The monoisotopic (exact) mass is 456 g/mol. The van der Waals surface area contributed by atoms with Gasteiger partial charge in [0.15, 0.2) is 0 Å². The first-order valence-electron chi connectivity index (χ1n) is 14.4. The van der Waals surface area contributed by atoms with Crippen molar-refractivity contribution in [2.45, 2.75) is 118 Å². The Morgan fingerprint density at radius 1 is 0.879 bits per heavy atom. The Morgan fingerprint density at radius 3 is 2.24 bits per heavy atom. The van der Waals surface area contributed by atoms with E-state index in [0.717, 1.165) is 36.5 Å². The molecule has 2 N–H and O–H groups in total. The maximum atomic E-state index is 10.9. The van der Waals surface area contributed by atoms with Gasteiger partial charge in [-0.3, -0.25) is 0 Å². The van der Waals surface area contributed by atoms with Crippen molar-refractivity contribution in [2.24, 2.45) is 56.7 Å². The molecule has 0 radical (unpaired) electrons. The highest BCUT2D eigenvalue weighted by atomic mass is 16.3. The van der Waals surface area contributed by atoms with Crippen LogP contribution < -0.4 is 0 Å². The molecule has 5 aliphatic rings. The SMILES string of the molecule is C=C(CC[C@@H](C)[C@H]1CC[C@@]2(C)[C@@H]3CC[C@@H]4C(C)(C)[C@@H](O)CC[C@@]45C[C@@]35CC[C@]12C)[C@H](C)CO. The Bertz CT molecular complexity index is 801. The molecule has 0 aromatic rings. The first-order valence-corrected chi connectivity index (χ1v) is 14.4. The summed E-state index contributed by atoms with van der Waals surface area (Å²) in [5.74, 6) is 3.42. The summed E-state index contributed by atoms with van der Waals surface area (Å²) in [7, 11) is 0. The fourth-order valence-corrected chi connectivity index (χ4v) is 11.3. The van der Waals surface area contributed by atoms with Gasteiger partial charge in [-0.25, -0.2) is 0 Å². The molecule has 5 rings (SSSR count). The van der Waals surface area contributed by atoms with Crippen LogP contribution in [0.1, 0.15) is 112 Å². The molecule has 0 aromatic heterocycles. The van der Waals surface area contributed by atoms with Gasteiger partial charge in [-0.05, 0) is 127 Å². The van der Waals surface area contributed by atoms with Crippen LogP contribution in [-0.4, -0.2) is 22.9 Å². The van der Waals surface area contributed by atoms with Crippen LogP contribution in [0.3, 0.4) is 0 Å². The van der Waals surface area contributed by atoms with E-state index in [1.54, 1.807) is 0 Å². The molecule has 33 heavy (non-hydrogen) atoms. The van der Waals surface area contributed by atoms with Gasteiger partial charge >= 0.3 is 0 Å². The van der Waals surface area contributed by atoms with Crippen molar-refractivity contribution >= 4 is 0 Å². The van der Waals surface area contributed by atoms with Crippen molar-refractivity contribution in [2.75, 3.05) is 6.61 Å². The molecule has 0 heterocycles. The summed E-state index contributed by atoms with van der Waals surface area (Å²) in [5, 5.41) is 20.4.